The first-order chi connectivity index (χ1) is 6.40. The molecule has 0 amide bonds. The van der Waals surface area contributed by atoms with Crippen molar-refractivity contribution < 1.29 is 4.39 Å². The Morgan fingerprint density at radius 2 is 1.86 bits per heavy atom. The summed E-state index contributed by atoms with van der Waals surface area (Å²) >= 11 is 11.8. The molecule has 1 aromatic carbocycles. The Kier molecular flexibility index (Phi) is 3.44. The standard InChI is InChI=1S/C11H13Cl2F/c1-4-11(2,3)9-8(14)6-5-7(12)10(9)13/h5-6H,4H2,1-3H3. The Balaban J connectivity index is 3.40. The van der Waals surface area contributed by atoms with Crippen LogP contribution in [0.3, 0.4) is 0 Å². The number of hydrogen-bond acceptors (Lipinski definition) is 0. The van der Waals surface area contributed by atoms with E-state index in [4.69, 9.17) is 23.2 Å². The maximum absolute atomic E-state index is 13.6. The summed E-state index contributed by atoms with van der Waals surface area (Å²) in [4.78, 5) is 0. The molecule has 1 rings (SSSR count). The van der Waals surface area contributed by atoms with Crippen LogP contribution < -0.4 is 0 Å². The van der Waals surface area contributed by atoms with E-state index in [9.17, 15) is 4.39 Å². The molecule has 3 heteroatoms. The molecule has 0 aliphatic heterocycles. The maximum Gasteiger partial charge on any atom is 0.128 e. The van der Waals surface area contributed by atoms with E-state index in [0.717, 1.165) is 6.42 Å². The van der Waals surface area contributed by atoms with Crippen LogP contribution in [0.25, 0.3) is 0 Å². The van der Waals surface area contributed by atoms with Gasteiger partial charge in [-0.1, -0.05) is 44.0 Å². The van der Waals surface area contributed by atoms with E-state index in [1.54, 1.807) is 0 Å². The van der Waals surface area contributed by atoms with Gasteiger partial charge >= 0.3 is 0 Å². The molecule has 78 valence electrons. The minimum absolute atomic E-state index is 0.286. The van der Waals surface area contributed by atoms with Gasteiger partial charge < -0.3 is 0 Å². The molecule has 0 unspecified atom stereocenters. The molecule has 0 N–H and O–H groups in total. The Morgan fingerprint density at radius 1 is 1.29 bits per heavy atom. The van der Waals surface area contributed by atoms with Crippen molar-refractivity contribution in [3.05, 3.63) is 33.6 Å². The SMILES string of the molecule is CCC(C)(C)c1c(F)ccc(Cl)c1Cl. The Labute approximate surface area is 94.0 Å². The predicted molar refractivity (Wildman–Crippen MR) is 59.7 cm³/mol. The van der Waals surface area contributed by atoms with Crippen LogP contribution in [0.1, 0.15) is 32.8 Å². The van der Waals surface area contributed by atoms with Gasteiger partial charge in [0, 0.05) is 5.56 Å². The van der Waals surface area contributed by atoms with Crippen molar-refractivity contribution >= 4 is 23.2 Å². The lowest BCUT2D eigenvalue weighted by Crippen LogP contribution is -2.18. The second-order valence-electron chi connectivity index (χ2n) is 3.96. The fourth-order valence-corrected chi connectivity index (χ4v) is 1.89. The Bertz CT molecular complexity index is 345. The van der Waals surface area contributed by atoms with Crippen LogP contribution in [0.2, 0.25) is 10.0 Å². The molecule has 0 saturated carbocycles. The lowest BCUT2D eigenvalue weighted by atomic mass is 9.82. The molecule has 0 aromatic heterocycles. The molecular weight excluding hydrogens is 222 g/mol. The molecule has 0 aliphatic rings. The minimum atomic E-state index is -0.286. The Hall–Kier alpha value is -0.270. The molecule has 0 radical (unpaired) electrons. The molecule has 14 heavy (non-hydrogen) atoms. The van der Waals surface area contributed by atoms with Gasteiger partial charge in [0.1, 0.15) is 5.82 Å². The van der Waals surface area contributed by atoms with Crippen molar-refractivity contribution in [2.24, 2.45) is 0 Å². The molecule has 0 aliphatic carbocycles. The second-order valence-corrected chi connectivity index (χ2v) is 4.74. The van der Waals surface area contributed by atoms with Gasteiger partial charge in [-0.15, -0.1) is 0 Å². The van der Waals surface area contributed by atoms with Crippen LogP contribution in [0, 0.1) is 5.82 Å². The van der Waals surface area contributed by atoms with Gasteiger partial charge in [0.25, 0.3) is 0 Å². The van der Waals surface area contributed by atoms with Gasteiger partial charge in [-0.05, 0) is 24.0 Å². The molecule has 0 heterocycles. The molecular formula is C11H13Cl2F. The summed E-state index contributed by atoms with van der Waals surface area (Å²) in [5.74, 6) is -0.286. The van der Waals surface area contributed by atoms with E-state index in [1.807, 2.05) is 20.8 Å². The number of halogens is 3. The average Bonchev–Trinajstić information content (AvgIpc) is 2.12. The fraction of sp³-hybridized carbons (Fsp3) is 0.455. The zero-order valence-electron chi connectivity index (χ0n) is 8.50. The van der Waals surface area contributed by atoms with E-state index >= 15 is 0 Å². The van der Waals surface area contributed by atoms with Crippen LogP contribution in [0.15, 0.2) is 12.1 Å². The van der Waals surface area contributed by atoms with Crippen molar-refractivity contribution in [3.63, 3.8) is 0 Å². The third kappa shape index (κ3) is 2.04. The maximum atomic E-state index is 13.6. The van der Waals surface area contributed by atoms with Crippen molar-refractivity contribution in [1.29, 1.82) is 0 Å². The highest BCUT2D eigenvalue weighted by Gasteiger charge is 2.26. The number of benzene rings is 1. The monoisotopic (exact) mass is 234 g/mol. The molecule has 0 fully saturated rings. The van der Waals surface area contributed by atoms with Gasteiger partial charge in [-0.2, -0.15) is 0 Å². The third-order valence-electron chi connectivity index (χ3n) is 2.60. The first-order valence-corrected chi connectivity index (χ1v) is 5.29. The molecule has 0 atom stereocenters. The normalized spacial score (nSPS) is 11.9. The van der Waals surface area contributed by atoms with Gasteiger partial charge in [0.05, 0.1) is 10.0 Å². The van der Waals surface area contributed by atoms with Gasteiger partial charge in [-0.25, -0.2) is 4.39 Å². The minimum Gasteiger partial charge on any atom is -0.207 e. The number of rotatable bonds is 2. The summed E-state index contributed by atoms with van der Waals surface area (Å²) in [5.41, 5.74) is 0.223. The van der Waals surface area contributed by atoms with Gasteiger partial charge in [0.2, 0.25) is 0 Å². The van der Waals surface area contributed by atoms with Crippen LogP contribution >= 0.6 is 23.2 Å². The summed E-state index contributed by atoms with van der Waals surface area (Å²) in [6.07, 6.45) is 0.810. The largest absolute Gasteiger partial charge is 0.207 e. The quantitative estimate of drug-likeness (QED) is 0.644. The third-order valence-corrected chi connectivity index (χ3v) is 3.41. The van der Waals surface area contributed by atoms with Crippen LogP contribution in [0.4, 0.5) is 4.39 Å². The van der Waals surface area contributed by atoms with Crippen LogP contribution in [-0.4, -0.2) is 0 Å². The molecule has 0 bridgehead atoms. The molecule has 1 aromatic rings. The van der Waals surface area contributed by atoms with Crippen LogP contribution in [0.5, 0.6) is 0 Å². The molecule has 0 saturated heterocycles. The lowest BCUT2D eigenvalue weighted by Gasteiger charge is -2.25. The van der Waals surface area contributed by atoms with E-state index in [2.05, 4.69) is 0 Å². The average molecular weight is 235 g/mol. The van der Waals surface area contributed by atoms with E-state index in [1.165, 1.54) is 12.1 Å². The summed E-state index contributed by atoms with van der Waals surface area (Å²) in [5, 5.41) is 0.739. The van der Waals surface area contributed by atoms with Gasteiger partial charge in [0.15, 0.2) is 0 Å². The highest BCUT2D eigenvalue weighted by atomic mass is 35.5. The van der Waals surface area contributed by atoms with Crippen molar-refractivity contribution in [2.75, 3.05) is 0 Å². The number of hydrogen-bond donors (Lipinski definition) is 0. The smallest absolute Gasteiger partial charge is 0.128 e. The summed E-state index contributed by atoms with van der Waals surface area (Å²) < 4.78 is 13.6. The van der Waals surface area contributed by atoms with Crippen molar-refractivity contribution in [3.8, 4) is 0 Å². The second kappa shape index (κ2) is 4.08. The topological polar surface area (TPSA) is 0 Å². The fourth-order valence-electron chi connectivity index (χ4n) is 1.32. The first kappa shape index (κ1) is 11.8. The Morgan fingerprint density at radius 3 is 2.36 bits per heavy atom. The molecule has 0 spiro atoms. The van der Waals surface area contributed by atoms with Crippen molar-refractivity contribution in [2.45, 2.75) is 32.6 Å². The lowest BCUT2D eigenvalue weighted by molar-refractivity contribution is 0.469. The predicted octanol–water partition coefficient (Wildman–Crippen LogP) is 4.82. The zero-order chi connectivity index (χ0) is 10.9. The van der Waals surface area contributed by atoms with E-state index < -0.39 is 0 Å². The van der Waals surface area contributed by atoms with Gasteiger partial charge in [-0.3, -0.25) is 0 Å². The highest BCUT2D eigenvalue weighted by Crippen LogP contribution is 2.38. The van der Waals surface area contributed by atoms with Crippen molar-refractivity contribution in [1.82, 2.24) is 0 Å². The van der Waals surface area contributed by atoms with E-state index in [-0.39, 0.29) is 11.2 Å². The first-order valence-electron chi connectivity index (χ1n) is 4.54. The summed E-state index contributed by atoms with van der Waals surface area (Å²) in [7, 11) is 0. The van der Waals surface area contributed by atoms with Crippen LogP contribution in [-0.2, 0) is 5.41 Å². The summed E-state index contributed by atoms with van der Waals surface area (Å²) in [6.45, 7) is 5.90. The van der Waals surface area contributed by atoms with E-state index in [0.29, 0.717) is 15.6 Å². The summed E-state index contributed by atoms with van der Waals surface area (Å²) in [6, 6.07) is 2.84. The highest BCUT2D eigenvalue weighted by molar-refractivity contribution is 6.42. The zero-order valence-corrected chi connectivity index (χ0v) is 10.0. The molecule has 0 nitrogen and oxygen atoms in total.